The van der Waals surface area contributed by atoms with Gasteiger partial charge in [0.05, 0.1) is 17.0 Å². The van der Waals surface area contributed by atoms with Crippen molar-refractivity contribution in [3.8, 4) is 6.07 Å². The first-order chi connectivity index (χ1) is 12.7. The summed E-state index contributed by atoms with van der Waals surface area (Å²) < 4.78 is 2.27. The lowest BCUT2D eigenvalue weighted by Crippen LogP contribution is -2.23. The van der Waals surface area contributed by atoms with Gasteiger partial charge in [0.1, 0.15) is 13.6 Å². The van der Waals surface area contributed by atoms with Crippen LogP contribution < -0.4 is 4.90 Å². The minimum Gasteiger partial charge on any atom is -0.354 e. The molecule has 1 aliphatic rings. The maximum absolute atomic E-state index is 9.04. The summed E-state index contributed by atoms with van der Waals surface area (Å²) in [6.07, 6.45) is 1.82. The lowest BCUT2D eigenvalue weighted by molar-refractivity contribution is -0.399. The van der Waals surface area contributed by atoms with Crippen molar-refractivity contribution in [3.63, 3.8) is 0 Å². The number of benzene rings is 3. The molecule has 1 aliphatic heterocycles. The molecule has 126 valence electrons. The van der Waals surface area contributed by atoms with E-state index >= 15 is 0 Å². The fourth-order valence-electron chi connectivity index (χ4n) is 3.78. The minimum absolute atomic E-state index is 0.354. The summed E-state index contributed by atoms with van der Waals surface area (Å²) in [5.74, 6) is 0. The third-order valence-electron chi connectivity index (χ3n) is 4.95. The predicted octanol–water partition coefficient (Wildman–Crippen LogP) is 4.48. The molecule has 0 spiro atoms. The van der Waals surface area contributed by atoms with Crippen molar-refractivity contribution >= 4 is 27.9 Å². The van der Waals surface area contributed by atoms with Gasteiger partial charge in [-0.3, -0.25) is 0 Å². The fourth-order valence-corrected chi connectivity index (χ4v) is 3.78. The summed E-state index contributed by atoms with van der Waals surface area (Å²) in [7, 11) is 2.12. The monoisotopic (exact) mass is 338 g/mol. The molecule has 1 heterocycles. The van der Waals surface area contributed by atoms with Gasteiger partial charge in [0.25, 0.3) is 0 Å². The molecule has 3 nitrogen and oxygen atoms in total. The quantitative estimate of drug-likeness (QED) is 0.390. The maximum Gasteiger partial charge on any atom is 0.220 e. The number of hydrogen-bond acceptors (Lipinski definition) is 2. The van der Waals surface area contributed by atoms with Crippen molar-refractivity contribution in [3.05, 3.63) is 84.4 Å². The van der Waals surface area contributed by atoms with E-state index in [4.69, 9.17) is 5.26 Å². The molecule has 0 aromatic heterocycles. The zero-order valence-corrected chi connectivity index (χ0v) is 14.8. The van der Waals surface area contributed by atoms with E-state index in [2.05, 4.69) is 84.9 Å². The molecule has 0 amide bonds. The van der Waals surface area contributed by atoms with Gasteiger partial charge in [-0.05, 0) is 35.7 Å². The van der Waals surface area contributed by atoms with Crippen molar-refractivity contribution in [1.82, 2.24) is 0 Å². The van der Waals surface area contributed by atoms with Gasteiger partial charge in [-0.1, -0.05) is 30.3 Å². The molecule has 4 rings (SSSR count). The second-order valence-electron chi connectivity index (χ2n) is 6.46. The van der Waals surface area contributed by atoms with E-state index in [0.717, 1.165) is 5.69 Å². The summed E-state index contributed by atoms with van der Waals surface area (Å²) in [6.45, 7) is 4.80. The van der Waals surface area contributed by atoms with E-state index < -0.39 is 0 Å². The zero-order valence-electron chi connectivity index (χ0n) is 14.8. The van der Waals surface area contributed by atoms with E-state index in [9.17, 15) is 0 Å². The first-order valence-corrected chi connectivity index (χ1v) is 8.70. The van der Waals surface area contributed by atoms with Gasteiger partial charge in [-0.15, -0.1) is 6.58 Å². The van der Waals surface area contributed by atoms with Crippen LogP contribution in [0.1, 0.15) is 11.1 Å². The minimum atomic E-state index is 0.354. The Bertz CT molecular complexity index is 1060. The van der Waals surface area contributed by atoms with Crippen LogP contribution in [0.25, 0.3) is 10.8 Å². The van der Waals surface area contributed by atoms with Crippen molar-refractivity contribution < 1.29 is 4.58 Å². The van der Waals surface area contributed by atoms with E-state index in [1.165, 1.54) is 33.3 Å². The Kier molecular flexibility index (Phi) is 4.02. The SMILES string of the molecule is C=CCN(CC#N)c1ccc(C2=[N+](C)c3cccc4cccc2c34)cc1. The first kappa shape index (κ1) is 16.1. The lowest BCUT2D eigenvalue weighted by Gasteiger charge is -2.19. The summed E-state index contributed by atoms with van der Waals surface area (Å²) in [6, 6.07) is 23.6. The highest BCUT2D eigenvalue weighted by Gasteiger charge is 2.30. The number of nitriles is 1. The van der Waals surface area contributed by atoms with Crippen molar-refractivity contribution in [2.24, 2.45) is 0 Å². The van der Waals surface area contributed by atoms with Gasteiger partial charge in [0.15, 0.2) is 0 Å². The molecule has 26 heavy (non-hydrogen) atoms. The van der Waals surface area contributed by atoms with Crippen LogP contribution in [0.4, 0.5) is 11.4 Å². The Morgan fingerprint density at radius 2 is 1.81 bits per heavy atom. The summed E-state index contributed by atoms with van der Waals surface area (Å²) >= 11 is 0. The molecule has 0 bridgehead atoms. The van der Waals surface area contributed by atoms with Crippen LogP contribution in [0.2, 0.25) is 0 Å². The Hall–Kier alpha value is -3.38. The van der Waals surface area contributed by atoms with Crippen LogP contribution in [0.15, 0.2) is 73.3 Å². The van der Waals surface area contributed by atoms with E-state index in [0.29, 0.717) is 13.1 Å². The number of rotatable bonds is 5. The Labute approximate surface area is 153 Å². The molecule has 0 aliphatic carbocycles. The lowest BCUT2D eigenvalue weighted by atomic mass is 9.98. The normalized spacial score (nSPS) is 12.3. The van der Waals surface area contributed by atoms with Crippen molar-refractivity contribution in [2.75, 3.05) is 25.0 Å². The molecule has 3 aromatic rings. The predicted molar refractivity (Wildman–Crippen MR) is 107 cm³/mol. The van der Waals surface area contributed by atoms with Crippen molar-refractivity contribution in [1.29, 1.82) is 5.26 Å². The number of anilines is 1. The highest BCUT2D eigenvalue weighted by molar-refractivity contribution is 6.22. The van der Waals surface area contributed by atoms with Crippen molar-refractivity contribution in [2.45, 2.75) is 0 Å². The summed E-state index contributed by atoms with van der Waals surface area (Å²) in [5, 5.41) is 11.6. The van der Waals surface area contributed by atoms with Crippen LogP contribution in [-0.4, -0.2) is 30.4 Å². The van der Waals surface area contributed by atoms with Crippen LogP contribution in [0.3, 0.4) is 0 Å². The molecular weight excluding hydrogens is 318 g/mol. The largest absolute Gasteiger partial charge is 0.354 e. The average molecular weight is 338 g/mol. The first-order valence-electron chi connectivity index (χ1n) is 8.70. The summed E-state index contributed by atoms with van der Waals surface area (Å²) in [4.78, 5) is 2.01. The molecule has 0 fully saturated rings. The van der Waals surface area contributed by atoms with Crippen LogP contribution in [0, 0.1) is 11.3 Å². The molecule has 0 N–H and O–H groups in total. The topological polar surface area (TPSA) is 30.0 Å². The molecule has 0 saturated carbocycles. The highest BCUT2D eigenvalue weighted by atomic mass is 15.1. The van der Waals surface area contributed by atoms with Gasteiger partial charge in [-0.25, -0.2) is 0 Å². The van der Waals surface area contributed by atoms with Gasteiger partial charge in [-0.2, -0.15) is 9.84 Å². The summed E-state index contributed by atoms with van der Waals surface area (Å²) in [5.41, 5.74) is 5.95. The second kappa shape index (κ2) is 6.50. The molecule has 0 radical (unpaired) electrons. The smallest absolute Gasteiger partial charge is 0.220 e. The highest BCUT2D eigenvalue weighted by Crippen LogP contribution is 2.36. The van der Waals surface area contributed by atoms with E-state index in [1.807, 2.05) is 11.0 Å². The molecule has 0 atom stereocenters. The van der Waals surface area contributed by atoms with Gasteiger partial charge in [0.2, 0.25) is 11.4 Å². The third kappa shape index (κ3) is 2.48. The Balaban J connectivity index is 1.78. The second-order valence-corrected chi connectivity index (χ2v) is 6.46. The molecular formula is C23H20N3+. The number of hydrogen-bond donors (Lipinski definition) is 0. The molecule has 3 aromatic carbocycles. The van der Waals surface area contributed by atoms with E-state index in [-0.39, 0.29) is 0 Å². The number of nitrogens with zero attached hydrogens (tertiary/aromatic N) is 3. The van der Waals surface area contributed by atoms with E-state index in [1.54, 1.807) is 0 Å². The maximum atomic E-state index is 9.04. The van der Waals surface area contributed by atoms with Crippen LogP contribution in [0.5, 0.6) is 0 Å². The Morgan fingerprint density at radius 1 is 1.08 bits per heavy atom. The Morgan fingerprint density at radius 3 is 2.50 bits per heavy atom. The van der Waals surface area contributed by atoms with Crippen LogP contribution in [-0.2, 0) is 0 Å². The average Bonchev–Trinajstić information content (AvgIpc) is 2.96. The molecule has 3 heteroatoms. The van der Waals surface area contributed by atoms with Gasteiger partial charge in [0, 0.05) is 23.9 Å². The molecule has 0 unspecified atom stereocenters. The molecule has 0 saturated heterocycles. The third-order valence-corrected chi connectivity index (χ3v) is 4.95. The fraction of sp³-hybridized carbons (Fsp3) is 0.130. The van der Waals surface area contributed by atoms with Gasteiger partial charge >= 0.3 is 0 Å². The van der Waals surface area contributed by atoms with Crippen LogP contribution >= 0.6 is 0 Å². The van der Waals surface area contributed by atoms with Gasteiger partial charge < -0.3 is 4.90 Å². The zero-order chi connectivity index (χ0) is 18.1. The standard InChI is InChI=1S/C23H20N3/c1-3-15-26(16-14-24)19-12-10-18(11-13-19)23-20-8-4-6-17-7-5-9-21(22(17)20)25(23)2/h3-13H,1,15-16H2,2H3/q+1.